The van der Waals surface area contributed by atoms with Crippen molar-refractivity contribution in [2.24, 2.45) is 5.84 Å². The van der Waals surface area contributed by atoms with Crippen LogP contribution in [0.3, 0.4) is 0 Å². The van der Waals surface area contributed by atoms with Gasteiger partial charge in [0.15, 0.2) is 9.84 Å². The minimum absolute atomic E-state index is 0.00917. The van der Waals surface area contributed by atoms with Gasteiger partial charge in [-0.25, -0.2) is 14.3 Å². The van der Waals surface area contributed by atoms with Crippen molar-refractivity contribution in [3.63, 3.8) is 0 Å². The molecule has 0 radical (unpaired) electrons. The van der Waals surface area contributed by atoms with Crippen molar-refractivity contribution in [3.05, 3.63) is 0 Å². The van der Waals surface area contributed by atoms with Gasteiger partial charge in [-0.3, -0.25) is 9.80 Å². The van der Waals surface area contributed by atoms with Crippen molar-refractivity contribution in [3.8, 4) is 0 Å². The van der Waals surface area contributed by atoms with Crippen LogP contribution in [-0.4, -0.2) is 36.9 Å². The average Bonchev–Trinajstić information content (AvgIpc) is 2.43. The molecule has 1 fully saturated rings. The molecule has 1 atom stereocenters. The molecule has 1 aliphatic heterocycles. The van der Waals surface area contributed by atoms with Gasteiger partial charge in [0.25, 0.3) is 0 Å². The van der Waals surface area contributed by atoms with Gasteiger partial charge in [0.1, 0.15) is 0 Å². The second-order valence-electron chi connectivity index (χ2n) is 3.21. The average molecular weight is 206 g/mol. The summed E-state index contributed by atoms with van der Waals surface area (Å²) in [5.74, 6) is 5.42. The topological polar surface area (TPSA) is 80.5 Å². The molecule has 0 aromatic rings. The Hall–Kier alpha value is -0.620. The minimum Gasteiger partial charge on any atom is -0.277 e. The van der Waals surface area contributed by atoms with E-state index in [4.69, 9.17) is 5.84 Å². The first-order valence-electron chi connectivity index (χ1n) is 4.23. The zero-order valence-electron chi connectivity index (χ0n) is 7.56. The molecule has 0 aromatic heterocycles. The number of nitrogens with zero attached hydrogens (tertiary/aromatic N) is 1. The minimum atomic E-state index is -2.96. The molecule has 5 nitrogen and oxygen atoms in total. The lowest BCUT2D eigenvalue weighted by molar-refractivity contribution is -0.133. The molecule has 1 heterocycles. The van der Waals surface area contributed by atoms with Gasteiger partial charge in [-0.05, 0) is 6.42 Å². The van der Waals surface area contributed by atoms with Crippen LogP contribution in [0.5, 0.6) is 0 Å². The van der Waals surface area contributed by atoms with Crippen molar-refractivity contribution in [2.75, 3.05) is 11.5 Å². The Labute approximate surface area is 77.8 Å². The molecule has 2 N–H and O–H groups in total. The smallest absolute Gasteiger partial charge is 0.236 e. The Morgan fingerprint density at radius 2 is 2.23 bits per heavy atom. The highest BCUT2D eigenvalue weighted by Gasteiger charge is 2.32. The summed E-state index contributed by atoms with van der Waals surface area (Å²) >= 11 is 0. The summed E-state index contributed by atoms with van der Waals surface area (Å²) in [6.07, 6.45) is 0.775. The van der Waals surface area contributed by atoms with E-state index in [0.29, 0.717) is 12.8 Å². The van der Waals surface area contributed by atoms with E-state index in [1.54, 1.807) is 6.92 Å². The Morgan fingerprint density at radius 1 is 1.62 bits per heavy atom. The molecule has 76 valence electrons. The van der Waals surface area contributed by atoms with E-state index >= 15 is 0 Å². The van der Waals surface area contributed by atoms with E-state index in [0.717, 1.165) is 5.01 Å². The van der Waals surface area contributed by atoms with Crippen LogP contribution < -0.4 is 5.84 Å². The molecule has 0 spiro atoms. The quantitative estimate of drug-likeness (QED) is 0.367. The molecular formula is C7H14N2O3S. The molecule has 1 unspecified atom stereocenters. The summed E-state index contributed by atoms with van der Waals surface area (Å²) in [6, 6.07) is -0.322. The Morgan fingerprint density at radius 3 is 2.62 bits per heavy atom. The third kappa shape index (κ3) is 2.41. The second-order valence-corrected chi connectivity index (χ2v) is 5.44. The summed E-state index contributed by atoms with van der Waals surface area (Å²) in [7, 11) is -2.96. The monoisotopic (exact) mass is 206 g/mol. The molecule has 1 aliphatic rings. The fraction of sp³-hybridized carbons (Fsp3) is 0.857. The highest BCUT2D eigenvalue weighted by Crippen LogP contribution is 2.15. The first-order chi connectivity index (χ1) is 5.96. The van der Waals surface area contributed by atoms with E-state index in [-0.39, 0.29) is 23.5 Å². The van der Waals surface area contributed by atoms with Crippen LogP contribution in [0.1, 0.15) is 19.8 Å². The summed E-state index contributed by atoms with van der Waals surface area (Å²) in [4.78, 5) is 11.1. The van der Waals surface area contributed by atoms with Gasteiger partial charge in [-0.2, -0.15) is 0 Å². The largest absolute Gasteiger partial charge is 0.277 e. The standard InChI is InChI=1S/C7H14N2O3S/c1-2-7(10)9(8)6-3-4-13(11,12)5-6/h6H,2-5,8H2,1H3. The fourth-order valence-electron chi connectivity index (χ4n) is 1.38. The molecule has 0 aliphatic carbocycles. The van der Waals surface area contributed by atoms with Gasteiger partial charge in [-0.15, -0.1) is 0 Å². The Bertz CT molecular complexity index is 299. The van der Waals surface area contributed by atoms with E-state index in [2.05, 4.69) is 0 Å². The SMILES string of the molecule is CCC(=O)N(N)C1CCS(=O)(=O)C1. The van der Waals surface area contributed by atoms with Gasteiger partial charge in [0.2, 0.25) is 5.91 Å². The zero-order chi connectivity index (χ0) is 10.1. The molecule has 0 bridgehead atoms. The third-order valence-electron chi connectivity index (χ3n) is 2.19. The second kappa shape index (κ2) is 3.63. The highest BCUT2D eigenvalue weighted by atomic mass is 32.2. The van der Waals surface area contributed by atoms with Crippen LogP contribution >= 0.6 is 0 Å². The number of carbonyl (C=O) groups is 1. The number of hydrogen-bond acceptors (Lipinski definition) is 4. The van der Waals surface area contributed by atoms with E-state index in [9.17, 15) is 13.2 Å². The summed E-state index contributed by atoms with van der Waals surface area (Å²) in [5.41, 5.74) is 0. The summed E-state index contributed by atoms with van der Waals surface area (Å²) < 4.78 is 22.1. The molecular weight excluding hydrogens is 192 g/mol. The molecule has 1 saturated heterocycles. The van der Waals surface area contributed by atoms with Gasteiger partial charge in [0.05, 0.1) is 17.5 Å². The van der Waals surface area contributed by atoms with E-state index in [1.807, 2.05) is 0 Å². The number of sulfone groups is 1. The molecule has 0 saturated carbocycles. The van der Waals surface area contributed by atoms with Crippen LogP contribution in [0.4, 0.5) is 0 Å². The first kappa shape index (κ1) is 10.5. The Kier molecular flexibility index (Phi) is 2.92. The molecule has 6 heteroatoms. The molecule has 1 amide bonds. The summed E-state index contributed by atoms with van der Waals surface area (Å²) in [5, 5.41) is 1.06. The molecule has 1 rings (SSSR count). The van der Waals surface area contributed by atoms with Crippen LogP contribution in [0, 0.1) is 0 Å². The molecule has 0 aromatic carbocycles. The van der Waals surface area contributed by atoms with Crippen LogP contribution in [0.2, 0.25) is 0 Å². The lowest BCUT2D eigenvalue weighted by Gasteiger charge is -2.21. The highest BCUT2D eigenvalue weighted by molar-refractivity contribution is 7.91. The van der Waals surface area contributed by atoms with Crippen molar-refractivity contribution < 1.29 is 13.2 Å². The lowest BCUT2D eigenvalue weighted by atomic mass is 10.2. The number of carbonyl (C=O) groups excluding carboxylic acids is 1. The van der Waals surface area contributed by atoms with Crippen LogP contribution in [-0.2, 0) is 14.6 Å². The fourth-order valence-corrected chi connectivity index (χ4v) is 3.09. The number of rotatable bonds is 2. The number of hydrazine groups is 1. The van der Waals surface area contributed by atoms with Crippen molar-refractivity contribution in [2.45, 2.75) is 25.8 Å². The third-order valence-corrected chi connectivity index (χ3v) is 3.94. The van der Waals surface area contributed by atoms with Gasteiger partial charge < -0.3 is 0 Å². The number of hydrogen-bond donors (Lipinski definition) is 1. The maximum atomic E-state index is 11.1. The summed E-state index contributed by atoms with van der Waals surface area (Å²) in [6.45, 7) is 1.70. The number of nitrogens with two attached hydrogens (primary N) is 1. The molecule has 13 heavy (non-hydrogen) atoms. The predicted octanol–water partition coefficient (Wildman–Crippen LogP) is -0.714. The Balaban J connectivity index is 2.61. The normalized spacial score (nSPS) is 25.8. The van der Waals surface area contributed by atoms with Crippen LogP contribution in [0.15, 0.2) is 0 Å². The number of amides is 1. The van der Waals surface area contributed by atoms with Gasteiger partial charge >= 0.3 is 0 Å². The maximum absolute atomic E-state index is 11.1. The van der Waals surface area contributed by atoms with Crippen molar-refractivity contribution in [1.29, 1.82) is 0 Å². The van der Waals surface area contributed by atoms with Gasteiger partial charge in [0, 0.05) is 6.42 Å². The van der Waals surface area contributed by atoms with E-state index in [1.165, 1.54) is 0 Å². The van der Waals surface area contributed by atoms with Crippen molar-refractivity contribution >= 4 is 15.7 Å². The van der Waals surface area contributed by atoms with Crippen molar-refractivity contribution in [1.82, 2.24) is 5.01 Å². The maximum Gasteiger partial charge on any atom is 0.236 e. The van der Waals surface area contributed by atoms with Crippen LogP contribution in [0.25, 0.3) is 0 Å². The first-order valence-corrected chi connectivity index (χ1v) is 6.05. The zero-order valence-corrected chi connectivity index (χ0v) is 8.38. The predicted molar refractivity (Wildman–Crippen MR) is 48.4 cm³/mol. The van der Waals surface area contributed by atoms with Gasteiger partial charge in [-0.1, -0.05) is 6.92 Å². The van der Waals surface area contributed by atoms with E-state index < -0.39 is 9.84 Å². The lowest BCUT2D eigenvalue weighted by Crippen LogP contribution is -2.45.